The number of esters is 1. The normalized spacial score (nSPS) is 16.3. The van der Waals surface area contributed by atoms with E-state index in [1.54, 1.807) is 0 Å². The van der Waals surface area contributed by atoms with Gasteiger partial charge < -0.3 is 9.47 Å². The Kier molecular flexibility index (Phi) is 5.59. The fraction of sp³-hybridized carbons (Fsp3) is 0.467. The molecule has 1 aromatic rings. The third-order valence-corrected chi connectivity index (χ3v) is 3.19. The molecular weight excluding hydrogens is 313 g/mol. The summed E-state index contributed by atoms with van der Waals surface area (Å²) < 4.78 is 52.4. The van der Waals surface area contributed by atoms with E-state index in [2.05, 4.69) is 9.84 Å². The van der Waals surface area contributed by atoms with Crippen LogP contribution in [0.15, 0.2) is 29.4 Å². The highest BCUT2D eigenvalue weighted by Crippen LogP contribution is 2.25. The molecule has 0 aromatic heterocycles. The van der Waals surface area contributed by atoms with E-state index in [1.165, 1.54) is 24.1 Å². The van der Waals surface area contributed by atoms with Crippen molar-refractivity contribution in [1.82, 2.24) is 5.01 Å². The molecule has 0 bridgehead atoms. The summed E-state index contributed by atoms with van der Waals surface area (Å²) in [5, 5.41) is 5.15. The third kappa shape index (κ3) is 4.01. The largest absolute Gasteiger partial charge is 0.461 e. The molecule has 0 saturated carbocycles. The average molecular weight is 330 g/mol. The number of carbonyl (C=O) groups is 1. The molecule has 1 aliphatic heterocycles. The molecule has 0 spiro atoms. The molecule has 2 rings (SSSR count). The van der Waals surface area contributed by atoms with Crippen molar-refractivity contribution in [3.05, 3.63) is 35.6 Å². The van der Waals surface area contributed by atoms with E-state index in [1.807, 2.05) is 0 Å². The summed E-state index contributed by atoms with van der Waals surface area (Å²) >= 11 is 0. The molecule has 0 amide bonds. The van der Waals surface area contributed by atoms with Gasteiger partial charge in [-0.3, -0.25) is 5.01 Å². The predicted octanol–water partition coefficient (Wildman–Crippen LogP) is 2.06. The monoisotopic (exact) mass is 330 g/mol. The van der Waals surface area contributed by atoms with Crippen LogP contribution in [-0.4, -0.2) is 55.5 Å². The number of rotatable bonds is 5. The molecule has 5 nitrogen and oxygen atoms in total. The lowest BCUT2D eigenvalue weighted by molar-refractivity contribution is -0.162. The highest BCUT2D eigenvalue weighted by atomic mass is 19.3. The summed E-state index contributed by atoms with van der Waals surface area (Å²) in [6.07, 6.45) is 0. The van der Waals surface area contributed by atoms with E-state index in [0.29, 0.717) is 13.2 Å². The van der Waals surface area contributed by atoms with Crippen molar-refractivity contribution < 1.29 is 27.4 Å². The van der Waals surface area contributed by atoms with E-state index in [-0.39, 0.29) is 19.7 Å². The van der Waals surface area contributed by atoms with Crippen LogP contribution in [0.1, 0.15) is 12.5 Å². The van der Waals surface area contributed by atoms with Crippen LogP contribution in [-0.2, 0) is 14.3 Å². The van der Waals surface area contributed by atoms with Crippen LogP contribution < -0.4 is 0 Å². The Morgan fingerprint density at radius 3 is 2.61 bits per heavy atom. The van der Waals surface area contributed by atoms with Crippen molar-refractivity contribution in [3.63, 3.8) is 0 Å². The second-order valence-electron chi connectivity index (χ2n) is 4.79. The number of morpholine rings is 1. The standard InChI is InChI=1S/C15H17F3N2O3/c1-2-23-14(21)15(17,18)13(11-5-3-4-6-12(11)16)19-20-7-9-22-10-8-20/h3-6H,2,7-10H2,1H3/b19-13+. The molecule has 1 fully saturated rings. The van der Waals surface area contributed by atoms with E-state index in [0.717, 1.165) is 12.1 Å². The zero-order valence-electron chi connectivity index (χ0n) is 12.6. The first-order valence-corrected chi connectivity index (χ1v) is 7.18. The molecule has 0 N–H and O–H groups in total. The number of hydrogen-bond acceptors (Lipinski definition) is 5. The summed E-state index contributed by atoms with van der Waals surface area (Å²) in [4.78, 5) is 11.6. The van der Waals surface area contributed by atoms with Gasteiger partial charge in [0, 0.05) is 5.56 Å². The van der Waals surface area contributed by atoms with E-state index in [9.17, 15) is 18.0 Å². The molecule has 1 saturated heterocycles. The van der Waals surface area contributed by atoms with Crippen molar-refractivity contribution in [2.24, 2.45) is 5.10 Å². The number of halogens is 3. The number of benzene rings is 1. The average Bonchev–Trinajstić information content (AvgIpc) is 2.54. The predicted molar refractivity (Wildman–Crippen MR) is 76.9 cm³/mol. The topological polar surface area (TPSA) is 51.1 Å². The van der Waals surface area contributed by atoms with Gasteiger partial charge >= 0.3 is 11.9 Å². The van der Waals surface area contributed by atoms with Gasteiger partial charge in [0.15, 0.2) is 5.71 Å². The molecule has 126 valence electrons. The maximum atomic E-state index is 14.5. The van der Waals surface area contributed by atoms with Gasteiger partial charge in [0.05, 0.1) is 32.9 Å². The minimum atomic E-state index is -4.06. The van der Waals surface area contributed by atoms with Gasteiger partial charge in [-0.25, -0.2) is 9.18 Å². The van der Waals surface area contributed by atoms with Gasteiger partial charge in [0.2, 0.25) is 0 Å². The first-order chi connectivity index (χ1) is 11.0. The van der Waals surface area contributed by atoms with Gasteiger partial charge in [-0.2, -0.15) is 13.9 Å². The van der Waals surface area contributed by atoms with Crippen LogP contribution in [0.5, 0.6) is 0 Å². The Balaban J connectivity index is 2.44. The molecule has 8 heteroatoms. The van der Waals surface area contributed by atoms with Gasteiger partial charge in [0.25, 0.3) is 0 Å². The number of carbonyl (C=O) groups excluding carboxylic acids is 1. The molecule has 0 atom stereocenters. The molecular formula is C15H17F3N2O3. The lowest BCUT2D eigenvalue weighted by atomic mass is 10.0. The zero-order valence-corrected chi connectivity index (χ0v) is 12.6. The first-order valence-electron chi connectivity index (χ1n) is 7.18. The highest BCUT2D eigenvalue weighted by Gasteiger charge is 2.48. The van der Waals surface area contributed by atoms with E-state index < -0.39 is 29.0 Å². The first kappa shape index (κ1) is 17.3. The van der Waals surface area contributed by atoms with Crippen LogP contribution in [0.4, 0.5) is 13.2 Å². The SMILES string of the molecule is CCOC(=O)C(F)(F)/C(=N/N1CCOCC1)c1ccccc1F. The van der Waals surface area contributed by atoms with Crippen molar-refractivity contribution in [1.29, 1.82) is 0 Å². The maximum absolute atomic E-state index is 14.5. The Morgan fingerprint density at radius 1 is 1.35 bits per heavy atom. The van der Waals surface area contributed by atoms with Crippen molar-refractivity contribution >= 4 is 11.7 Å². The third-order valence-electron chi connectivity index (χ3n) is 3.19. The van der Waals surface area contributed by atoms with Crippen LogP contribution in [0.25, 0.3) is 0 Å². The zero-order chi connectivity index (χ0) is 16.9. The van der Waals surface area contributed by atoms with Crippen molar-refractivity contribution in [3.8, 4) is 0 Å². The summed E-state index contributed by atoms with van der Waals surface area (Å²) in [6, 6.07) is 4.95. The Hall–Kier alpha value is -2.09. The Labute approximate surface area is 131 Å². The van der Waals surface area contributed by atoms with Crippen molar-refractivity contribution in [2.75, 3.05) is 32.9 Å². The van der Waals surface area contributed by atoms with Gasteiger partial charge in [-0.1, -0.05) is 12.1 Å². The summed E-state index contributed by atoms with van der Waals surface area (Å²) in [6.45, 7) is 2.39. The van der Waals surface area contributed by atoms with Crippen LogP contribution >= 0.6 is 0 Å². The smallest absolute Gasteiger partial charge is 0.386 e. The Morgan fingerprint density at radius 2 is 2.00 bits per heavy atom. The maximum Gasteiger partial charge on any atom is 0.386 e. The Bertz CT molecular complexity index is 587. The fourth-order valence-electron chi connectivity index (χ4n) is 2.05. The second kappa shape index (κ2) is 7.45. The summed E-state index contributed by atoms with van der Waals surface area (Å²) in [7, 11) is 0. The number of ether oxygens (including phenoxy) is 2. The summed E-state index contributed by atoms with van der Waals surface area (Å²) in [5.41, 5.74) is -1.40. The number of alkyl halides is 2. The minimum absolute atomic E-state index is 0.212. The lowest BCUT2D eigenvalue weighted by Gasteiger charge is -2.26. The quantitative estimate of drug-likeness (QED) is 0.613. The van der Waals surface area contributed by atoms with Crippen LogP contribution in [0.2, 0.25) is 0 Å². The van der Waals surface area contributed by atoms with E-state index in [4.69, 9.17) is 4.74 Å². The second-order valence-corrected chi connectivity index (χ2v) is 4.79. The molecule has 1 aromatic carbocycles. The molecule has 1 heterocycles. The minimum Gasteiger partial charge on any atom is -0.461 e. The number of hydrogen-bond donors (Lipinski definition) is 0. The molecule has 1 aliphatic rings. The van der Waals surface area contributed by atoms with Crippen LogP contribution in [0.3, 0.4) is 0 Å². The number of hydrazone groups is 1. The van der Waals surface area contributed by atoms with Crippen molar-refractivity contribution in [2.45, 2.75) is 12.8 Å². The molecule has 0 unspecified atom stereocenters. The van der Waals surface area contributed by atoms with Gasteiger partial charge in [-0.05, 0) is 19.1 Å². The number of nitrogens with zero attached hydrogens (tertiary/aromatic N) is 2. The molecule has 0 aliphatic carbocycles. The van der Waals surface area contributed by atoms with Gasteiger partial charge in [0.1, 0.15) is 5.82 Å². The van der Waals surface area contributed by atoms with E-state index >= 15 is 0 Å². The lowest BCUT2D eigenvalue weighted by Crippen LogP contribution is -2.43. The van der Waals surface area contributed by atoms with Crippen LogP contribution in [0, 0.1) is 5.82 Å². The highest BCUT2D eigenvalue weighted by molar-refractivity contribution is 6.16. The molecule has 23 heavy (non-hydrogen) atoms. The van der Waals surface area contributed by atoms with Gasteiger partial charge in [-0.15, -0.1) is 0 Å². The summed E-state index contributed by atoms with van der Waals surface area (Å²) in [5.74, 6) is -6.70. The fourth-order valence-corrected chi connectivity index (χ4v) is 2.05. The molecule has 0 radical (unpaired) electrons.